The fourth-order valence-electron chi connectivity index (χ4n) is 1.64. The van der Waals surface area contributed by atoms with Gasteiger partial charge in [0.25, 0.3) is 0 Å². The van der Waals surface area contributed by atoms with Gasteiger partial charge in [-0.3, -0.25) is 0 Å². The second kappa shape index (κ2) is 5.94. The predicted octanol–water partition coefficient (Wildman–Crippen LogP) is 3.40. The summed E-state index contributed by atoms with van der Waals surface area (Å²) in [6.07, 6.45) is 0.728. The van der Waals surface area contributed by atoms with Gasteiger partial charge in [-0.05, 0) is 31.2 Å². The second-order valence-electron chi connectivity index (χ2n) is 4.27. The molecule has 1 atom stereocenters. The number of hydrogen-bond acceptors (Lipinski definition) is 3. The van der Waals surface area contributed by atoms with Gasteiger partial charge in [0.2, 0.25) is 0 Å². The number of nitrogens with two attached hydrogens (primary N) is 1. The molecule has 0 bridgehead atoms. The van der Waals surface area contributed by atoms with E-state index in [4.69, 9.17) is 26.5 Å². The van der Waals surface area contributed by atoms with E-state index in [9.17, 15) is 0 Å². The SMILES string of the molecule is CC(N)Cc1ccc(COc2ccccc2Cl)o1. The zero-order valence-electron chi connectivity index (χ0n) is 10.2. The van der Waals surface area contributed by atoms with Crippen molar-refractivity contribution in [1.82, 2.24) is 0 Å². The van der Waals surface area contributed by atoms with E-state index in [0.29, 0.717) is 17.4 Å². The first-order valence-corrected chi connectivity index (χ1v) is 6.23. The van der Waals surface area contributed by atoms with Crippen molar-refractivity contribution >= 4 is 11.6 Å². The Kier molecular flexibility index (Phi) is 4.28. The molecule has 2 N–H and O–H groups in total. The Labute approximate surface area is 111 Å². The van der Waals surface area contributed by atoms with Crippen LogP contribution in [-0.4, -0.2) is 6.04 Å². The van der Waals surface area contributed by atoms with Crippen molar-refractivity contribution in [3.05, 3.63) is 52.9 Å². The summed E-state index contributed by atoms with van der Waals surface area (Å²) in [6, 6.07) is 11.3. The van der Waals surface area contributed by atoms with E-state index in [1.165, 1.54) is 0 Å². The van der Waals surface area contributed by atoms with Crippen LogP contribution in [0.1, 0.15) is 18.4 Å². The summed E-state index contributed by atoms with van der Waals surface area (Å²) >= 11 is 5.99. The molecule has 3 nitrogen and oxygen atoms in total. The highest BCUT2D eigenvalue weighted by Gasteiger charge is 2.06. The normalized spacial score (nSPS) is 12.4. The van der Waals surface area contributed by atoms with Crippen molar-refractivity contribution in [1.29, 1.82) is 0 Å². The molecule has 0 aliphatic heterocycles. The first-order chi connectivity index (χ1) is 8.65. The molecule has 18 heavy (non-hydrogen) atoms. The summed E-state index contributed by atoms with van der Waals surface area (Å²) < 4.78 is 11.2. The van der Waals surface area contributed by atoms with E-state index >= 15 is 0 Å². The minimum atomic E-state index is 0.0912. The highest BCUT2D eigenvalue weighted by molar-refractivity contribution is 6.32. The number of para-hydroxylation sites is 1. The molecule has 2 aromatic rings. The molecule has 0 spiro atoms. The first-order valence-electron chi connectivity index (χ1n) is 5.85. The number of hydrogen-bond donors (Lipinski definition) is 1. The number of halogens is 1. The molecule has 0 amide bonds. The highest BCUT2D eigenvalue weighted by atomic mass is 35.5. The van der Waals surface area contributed by atoms with Crippen LogP contribution in [0.2, 0.25) is 5.02 Å². The molecular weight excluding hydrogens is 250 g/mol. The standard InChI is InChI=1S/C14H16ClNO2/c1-10(16)8-11-6-7-12(18-11)9-17-14-5-3-2-4-13(14)15/h2-7,10H,8-9,16H2,1H3. The maximum absolute atomic E-state index is 5.99. The second-order valence-corrected chi connectivity index (χ2v) is 4.68. The van der Waals surface area contributed by atoms with Crippen LogP contribution in [0.5, 0.6) is 5.75 Å². The molecule has 0 aliphatic rings. The molecule has 1 aromatic carbocycles. The van der Waals surface area contributed by atoms with Crippen molar-refractivity contribution in [3.63, 3.8) is 0 Å². The molecule has 1 unspecified atom stereocenters. The fourth-order valence-corrected chi connectivity index (χ4v) is 1.83. The molecular formula is C14H16ClNO2. The van der Waals surface area contributed by atoms with E-state index in [2.05, 4.69) is 0 Å². The van der Waals surface area contributed by atoms with E-state index < -0.39 is 0 Å². The lowest BCUT2D eigenvalue weighted by atomic mass is 10.2. The van der Waals surface area contributed by atoms with Gasteiger partial charge in [0, 0.05) is 12.5 Å². The minimum Gasteiger partial charge on any atom is -0.484 e. The topological polar surface area (TPSA) is 48.4 Å². The van der Waals surface area contributed by atoms with Gasteiger partial charge in [-0.2, -0.15) is 0 Å². The van der Waals surface area contributed by atoms with Gasteiger partial charge < -0.3 is 14.9 Å². The lowest BCUT2D eigenvalue weighted by Crippen LogP contribution is -2.17. The number of furan rings is 1. The van der Waals surface area contributed by atoms with Gasteiger partial charge in [0.15, 0.2) is 0 Å². The van der Waals surface area contributed by atoms with E-state index in [-0.39, 0.29) is 6.04 Å². The van der Waals surface area contributed by atoms with Crippen molar-refractivity contribution < 1.29 is 9.15 Å². The van der Waals surface area contributed by atoms with E-state index in [0.717, 1.165) is 17.9 Å². The Hall–Kier alpha value is -1.45. The van der Waals surface area contributed by atoms with Crippen molar-refractivity contribution in [3.8, 4) is 5.75 Å². The maximum Gasteiger partial charge on any atom is 0.146 e. The average Bonchev–Trinajstić information content (AvgIpc) is 2.75. The van der Waals surface area contributed by atoms with Gasteiger partial charge in [-0.15, -0.1) is 0 Å². The maximum atomic E-state index is 5.99. The quantitative estimate of drug-likeness (QED) is 0.901. The third-order valence-corrected chi connectivity index (χ3v) is 2.76. The van der Waals surface area contributed by atoms with E-state index in [1.807, 2.05) is 37.3 Å². The molecule has 96 valence electrons. The van der Waals surface area contributed by atoms with Crippen LogP contribution in [0.25, 0.3) is 0 Å². The Balaban J connectivity index is 1.94. The minimum absolute atomic E-state index is 0.0912. The predicted molar refractivity (Wildman–Crippen MR) is 71.8 cm³/mol. The molecule has 0 saturated carbocycles. The Bertz CT molecular complexity index is 508. The van der Waals surface area contributed by atoms with Gasteiger partial charge in [0.05, 0.1) is 5.02 Å². The van der Waals surface area contributed by atoms with Crippen LogP contribution in [0.15, 0.2) is 40.8 Å². The van der Waals surface area contributed by atoms with Gasteiger partial charge in [-0.25, -0.2) is 0 Å². The van der Waals surface area contributed by atoms with Gasteiger partial charge in [-0.1, -0.05) is 23.7 Å². The molecule has 1 heterocycles. The van der Waals surface area contributed by atoms with Crippen molar-refractivity contribution in [2.24, 2.45) is 5.73 Å². The molecule has 1 aromatic heterocycles. The van der Waals surface area contributed by atoms with Crippen LogP contribution in [0, 0.1) is 0 Å². The van der Waals surface area contributed by atoms with Crippen LogP contribution in [0.3, 0.4) is 0 Å². The zero-order valence-corrected chi connectivity index (χ0v) is 11.0. The summed E-state index contributed by atoms with van der Waals surface area (Å²) in [5, 5.41) is 0.597. The Morgan fingerprint density at radius 2 is 1.94 bits per heavy atom. The van der Waals surface area contributed by atoms with Gasteiger partial charge in [0.1, 0.15) is 23.9 Å². The largest absolute Gasteiger partial charge is 0.484 e. The third-order valence-electron chi connectivity index (χ3n) is 2.45. The summed E-state index contributed by atoms with van der Waals surface area (Å²) in [7, 11) is 0. The summed E-state index contributed by atoms with van der Waals surface area (Å²) in [5.74, 6) is 2.30. The summed E-state index contributed by atoms with van der Waals surface area (Å²) in [6.45, 7) is 2.31. The third kappa shape index (κ3) is 3.52. The molecule has 0 fully saturated rings. The molecule has 4 heteroatoms. The lowest BCUT2D eigenvalue weighted by Gasteiger charge is -2.05. The highest BCUT2D eigenvalue weighted by Crippen LogP contribution is 2.24. The fraction of sp³-hybridized carbons (Fsp3) is 0.286. The molecule has 0 saturated heterocycles. The average molecular weight is 266 g/mol. The Morgan fingerprint density at radius 3 is 2.67 bits per heavy atom. The van der Waals surface area contributed by atoms with Crippen molar-refractivity contribution in [2.75, 3.05) is 0 Å². The zero-order chi connectivity index (χ0) is 13.0. The molecule has 0 aliphatic carbocycles. The first kappa shape index (κ1) is 13.0. The monoisotopic (exact) mass is 265 g/mol. The number of rotatable bonds is 5. The van der Waals surface area contributed by atoms with Crippen LogP contribution in [0.4, 0.5) is 0 Å². The molecule has 0 radical (unpaired) electrons. The van der Waals surface area contributed by atoms with Gasteiger partial charge >= 0.3 is 0 Å². The van der Waals surface area contributed by atoms with Crippen LogP contribution in [-0.2, 0) is 13.0 Å². The van der Waals surface area contributed by atoms with E-state index in [1.54, 1.807) is 6.07 Å². The van der Waals surface area contributed by atoms with Crippen LogP contribution >= 0.6 is 11.6 Å². The number of ether oxygens (including phenoxy) is 1. The van der Waals surface area contributed by atoms with Crippen molar-refractivity contribution in [2.45, 2.75) is 26.0 Å². The lowest BCUT2D eigenvalue weighted by molar-refractivity contribution is 0.265. The number of benzene rings is 1. The Morgan fingerprint density at radius 1 is 1.22 bits per heavy atom. The summed E-state index contributed by atoms with van der Waals surface area (Å²) in [5.41, 5.74) is 5.71. The summed E-state index contributed by atoms with van der Waals surface area (Å²) in [4.78, 5) is 0. The van der Waals surface area contributed by atoms with Crippen LogP contribution < -0.4 is 10.5 Å². The smallest absolute Gasteiger partial charge is 0.146 e. The molecule has 2 rings (SSSR count).